The number of amides is 1. The summed E-state index contributed by atoms with van der Waals surface area (Å²) in [5.74, 6) is -0.589. The van der Waals surface area contributed by atoms with Crippen LogP contribution in [0.3, 0.4) is 0 Å². The zero-order valence-electron chi connectivity index (χ0n) is 14.5. The number of sulfonamides is 1. The lowest BCUT2D eigenvalue weighted by atomic mass is 10.1. The Kier molecular flexibility index (Phi) is 5.78. The van der Waals surface area contributed by atoms with Gasteiger partial charge in [-0.05, 0) is 48.0 Å². The van der Waals surface area contributed by atoms with Gasteiger partial charge in [0.05, 0.1) is 4.90 Å². The Hall–Kier alpha value is -3.08. The minimum Gasteiger partial charge on any atom is -0.449 e. The lowest BCUT2D eigenvalue weighted by molar-refractivity contribution is 0.1000. The van der Waals surface area contributed by atoms with E-state index in [9.17, 15) is 18.0 Å². The van der Waals surface area contributed by atoms with Gasteiger partial charge in [-0.25, -0.2) is 13.2 Å². The highest BCUT2D eigenvalue weighted by Crippen LogP contribution is 2.42. The smallest absolute Gasteiger partial charge is 0.449 e. The van der Waals surface area contributed by atoms with Crippen molar-refractivity contribution in [3.63, 3.8) is 0 Å². The number of benzene rings is 2. The molecule has 29 heavy (non-hydrogen) atoms. The zero-order valence-corrected chi connectivity index (χ0v) is 16.8. The Labute approximate surface area is 174 Å². The molecule has 0 radical (unpaired) electrons. The van der Waals surface area contributed by atoms with Crippen LogP contribution in [-0.4, -0.2) is 25.6 Å². The first-order chi connectivity index (χ1) is 13.7. The van der Waals surface area contributed by atoms with E-state index in [2.05, 4.69) is 4.72 Å². The molecule has 1 heterocycles. The number of rotatable bonds is 6. The Balaban J connectivity index is 1.98. The van der Waals surface area contributed by atoms with Gasteiger partial charge >= 0.3 is 6.16 Å². The third kappa shape index (κ3) is 4.86. The normalized spacial score (nSPS) is 11.1. The molecular weight excluding hydrogens is 440 g/mol. The number of hydrogen-bond donors (Lipinski definition) is 3. The van der Waals surface area contributed by atoms with Crippen LogP contribution in [0.15, 0.2) is 59.5 Å². The van der Waals surface area contributed by atoms with Crippen LogP contribution in [-0.2, 0) is 10.0 Å². The lowest BCUT2D eigenvalue weighted by Crippen LogP contribution is -2.13. The van der Waals surface area contributed by atoms with Gasteiger partial charge < -0.3 is 15.6 Å². The molecule has 1 amide bonds. The van der Waals surface area contributed by atoms with E-state index < -0.39 is 22.1 Å². The van der Waals surface area contributed by atoms with Crippen molar-refractivity contribution in [2.24, 2.45) is 5.73 Å². The molecular formula is C18H13ClN2O6S2. The Bertz CT molecular complexity index is 1170. The fourth-order valence-corrected chi connectivity index (χ4v) is 4.57. The second-order valence-electron chi connectivity index (χ2n) is 5.68. The molecule has 0 fully saturated rings. The number of carboxylic acid groups (broad SMARTS) is 1. The quantitative estimate of drug-likeness (QED) is 0.483. The van der Waals surface area contributed by atoms with Crippen LogP contribution in [0.5, 0.6) is 5.06 Å². The van der Waals surface area contributed by atoms with Gasteiger partial charge in [0, 0.05) is 15.5 Å². The predicted molar refractivity (Wildman–Crippen MR) is 109 cm³/mol. The first kappa shape index (κ1) is 20.6. The van der Waals surface area contributed by atoms with E-state index in [1.807, 2.05) is 0 Å². The number of anilines is 1. The van der Waals surface area contributed by atoms with E-state index in [0.29, 0.717) is 21.0 Å². The Morgan fingerprint density at radius 3 is 2.24 bits per heavy atom. The molecule has 8 nitrogen and oxygen atoms in total. The Morgan fingerprint density at radius 1 is 1.07 bits per heavy atom. The average molecular weight is 453 g/mol. The van der Waals surface area contributed by atoms with E-state index in [1.54, 1.807) is 12.1 Å². The molecule has 150 valence electrons. The van der Waals surface area contributed by atoms with Crippen LogP contribution >= 0.6 is 22.9 Å². The number of halogens is 1. The molecule has 0 aliphatic rings. The molecule has 2 aromatic carbocycles. The van der Waals surface area contributed by atoms with Crippen molar-refractivity contribution in [1.29, 1.82) is 0 Å². The number of ether oxygens (including phenoxy) is 1. The highest BCUT2D eigenvalue weighted by atomic mass is 35.5. The number of hydrogen-bond acceptors (Lipinski definition) is 6. The van der Waals surface area contributed by atoms with Crippen molar-refractivity contribution < 1.29 is 27.9 Å². The summed E-state index contributed by atoms with van der Waals surface area (Å²) in [6, 6.07) is 13.1. The third-order valence-electron chi connectivity index (χ3n) is 3.70. The van der Waals surface area contributed by atoms with Gasteiger partial charge in [-0.15, -0.1) is 0 Å². The number of carbonyl (C=O) groups excluding carboxylic acids is 1. The topological polar surface area (TPSA) is 136 Å². The highest BCUT2D eigenvalue weighted by Gasteiger charge is 2.21. The summed E-state index contributed by atoms with van der Waals surface area (Å²) in [7, 11) is -4.01. The van der Waals surface area contributed by atoms with E-state index in [0.717, 1.165) is 11.3 Å². The molecule has 0 unspecified atom stereocenters. The van der Waals surface area contributed by atoms with Crippen molar-refractivity contribution in [2.75, 3.05) is 4.72 Å². The van der Waals surface area contributed by atoms with Crippen molar-refractivity contribution in [3.05, 3.63) is 65.2 Å². The maximum Gasteiger partial charge on any atom is 0.512 e. The minimum atomic E-state index is -4.01. The number of thiophene rings is 1. The maximum absolute atomic E-state index is 12.6. The van der Waals surface area contributed by atoms with Gasteiger partial charge in [-0.1, -0.05) is 35.1 Å². The third-order valence-corrected chi connectivity index (χ3v) is 6.40. The molecule has 0 saturated heterocycles. The van der Waals surface area contributed by atoms with Crippen LogP contribution in [0, 0.1) is 0 Å². The molecule has 11 heteroatoms. The van der Waals surface area contributed by atoms with Gasteiger partial charge in [-0.2, -0.15) is 0 Å². The van der Waals surface area contributed by atoms with Crippen LogP contribution in [0.1, 0.15) is 10.4 Å². The van der Waals surface area contributed by atoms with Gasteiger partial charge in [0.25, 0.3) is 10.0 Å². The molecule has 0 bridgehead atoms. The van der Waals surface area contributed by atoms with Crippen molar-refractivity contribution in [3.8, 4) is 15.5 Å². The molecule has 1 aromatic heterocycles. The largest absolute Gasteiger partial charge is 0.512 e. The van der Waals surface area contributed by atoms with Crippen LogP contribution in [0.25, 0.3) is 10.4 Å². The predicted octanol–water partition coefficient (Wildman–Crippen LogP) is 4.03. The standard InChI is InChI=1S/C18H13ClN2O6S2/c19-12-5-7-13(8-6-12)29(25,26)21-14-9-15(28-17(14)27-18(23)24)10-1-3-11(4-2-10)16(20)22/h1-9,21H,(H2,20,22)(H,23,24). The van der Waals surface area contributed by atoms with Crippen molar-refractivity contribution in [1.82, 2.24) is 0 Å². The molecule has 0 aliphatic carbocycles. The summed E-state index contributed by atoms with van der Waals surface area (Å²) in [6.07, 6.45) is -1.59. The van der Waals surface area contributed by atoms with Gasteiger partial charge in [0.2, 0.25) is 11.0 Å². The summed E-state index contributed by atoms with van der Waals surface area (Å²) in [6.45, 7) is 0. The molecule has 4 N–H and O–H groups in total. The molecule has 0 saturated carbocycles. The summed E-state index contributed by atoms with van der Waals surface area (Å²) in [5.41, 5.74) is 6.09. The average Bonchev–Trinajstić information content (AvgIpc) is 3.03. The van der Waals surface area contributed by atoms with Crippen LogP contribution in [0.2, 0.25) is 5.02 Å². The van der Waals surface area contributed by atoms with Gasteiger partial charge in [-0.3, -0.25) is 9.52 Å². The van der Waals surface area contributed by atoms with Crippen LogP contribution in [0.4, 0.5) is 10.5 Å². The number of carbonyl (C=O) groups is 2. The van der Waals surface area contributed by atoms with E-state index >= 15 is 0 Å². The van der Waals surface area contributed by atoms with E-state index in [4.69, 9.17) is 27.2 Å². The van der Waals surface area contributed by atoms with Crippen molar-refractivity contribution >= 4 is 50.7 Å². The second kappa shape index (κ2) is 8.11. The zero-order chi connectivity index (χ0) is 21.2. The summed E-state index contributed by atoms with van der Waals surface area (Å²) in [5, 5.41) is 9.18. The van der Waals surface area contributed by atoms with E-state index in [1.165, 1.54) is 42.5 Å². The number of primary amides is 1. The highest BCUT2D eigenvalue weighted by molar-refractivity contribution is 7.92. The molecule has 3 aromatic rings. The van der Waals surface area contributed by atoms with Gasteiger partial charge in [0.1, 0.15) is 5.69 Å². The summed E-state index contributed by atoms with van der Waals surface area (Å²) in [4.78, 5) is 22.7. The molecule has 0 spiro atoms. The summed E-state index contributed by atoms with van der Waals surface area (Å²) < 4.78 is 32.3. The van der Waals surface area contributed by atoms with E-state index in [-0.39, 0.29) is 15.6 Å². The minimum absolute atomic E-state index is 0.0404. The number of nitrogens with two attached hydrogens (primary N) is 1. The van der Waals surface area contributed by atoms with Crippen molar-refractivity contribution in [2.45, 2.75) is 4.90 Å². The number of nitrogens with one attached hydrogen (secondary N) is 1. The molecule has 0 aliphatic heterocycles. The first-order valence-corrected chi connectivity index (χ1v) is 10.6. The molecule has 0 atom stereocenters. The maximum atomic E-state index is 12.6. The monoisotopic (exact) mass is 452 g/mol. The second-order valence-corrected chi connectivity index (χ2v) is 8.81. The molecule has 3 rings (SSSR count). The Morgan fingerprint density at radius 2 is 1.69 bits per heavy atom. The summed E-state index contributed by atoms with van der Waals surface area (Å²) >= 11 is 6.70. The van der Waals surface area contributed by atoms with Crippen LogP contribution < -0.4 is 15.2 Å². The van der Waals surface area contributed by atoms with Gasteiger partial charge in [0.15, 0.2) is 0 Å². The lowest BCUT2D eigenvalue weighted by Gasteiger charge is -2.08. The first-order valence-electron chi connectivity index (χ1n) is 7.89. The SMILES string of the molecule is NC(=O)c1ccc(-c2cc(NS(=O)(=O)c3ccc(Cl)cc3)c(OC(=O)O)s2)cc1. The fraction of sp³-hybridized carbons (Fsp3) is 0. The fourth-order valence-electron chi connectivity index (χ4n) is 2.36.